The van der Waals surface area contributed by atoms with Crippen molar-refractivity contribution in [3.8, 4) is 6.07 Å². The summed E-state index contributed by atoms with van der Waals surface area (Å²) in [6, 6.07) is 15.8. The van der Waals surface area contributed by atoms with Crippen molar-refractivity contribution in [3.05, 3.63) is 59.8 Å². The van der Waals surface area contributed by atoms with Crippen LogP contribution < -0.4 is 10.2 Å². The molecule has 0 radical (unpaired) electrons. The molecular weight excluding hydrogens is 439 g/mol. The Labute approximate surface area is 171 Å². The average molecular weight is 462 g/mol. The minimum Gasteiger partial charge on any atom is -0.353 e. The van der Waals surface area contributed by atoms with Gasteiger partial charge in [-0.2, -0.15) is 5.26 Å². The second-order valence-electron chi connectivity index (χ2n) is 5.87. The number of benzene rings is 1. The van der Waals surface area contributed by atoms with Crippen molar-refractivity contribution in [1.82, 2.24) is 15.2 Å². The summed E-state index contributed by atoms with van der Waals surface area (Å²) in [7, 11) is 1.80. The van der Waals surface area contributed by atoms with Gasteiger partial charge in [0, 0.05) is 46.0 Å². The molecule has 1 aromatic heterocycles. The molecule has 0 amide bonds. The molecule has 1 saturated heterocycles. The van der Waals surface area contributed by atoms with E-state index < -0.39 is 0 Å². The molecule has 0 saturated carbocycles. The van der Waals surface area contributed by atoms with Gasteiger partial charge in [0.2, 0.25) is 0 Å². The monoisotopic (exact) mass is 462 g/mol. The summed E-state index contributed by atoms with van der Waals surface area (Å²) < 4.78 is 0. The van der Waals surface area contributed by atoms with Crippen LogP contribution in [-0.2, 0) is 6.54 Å². The molecule has 2 heterocycles. The summed E-state index contributed by atoms with van der Waals surface area (Å²) >= 11 is 0. The van der Waals surface area contributed by atoms with Gasteiger partial charge in [-0.3, -0.25) is 4.99 Å². The Kier molecular flexibility index (Phi) is 7.66. The molecule has 1 N–H and O–H groups in total. The zero-order chi connectivity index (χ0) is 17.5. The summed E-state index contributed by atoms with van der Waals surface area (Å²) in [5, 5.41) is 12.4. The number of rotatable bonds is 3. The van der Waals surface area contributed by atoms with E-state index in [1.807, 2.05) is 48.7 Å². The van der Waals surface area contributed by atoms with Crippen LogP contribution in [0.4, 0.5) is 5.82 Å². The predicted octanol–water partition coefficient (Wildman–Crippen LogP) is 2.47. The van der Waals surface area contributed by atoms with Crippen LogP contribution in [-0.4, -0.2) is 49.1 Å². The Balaban J connectivity index is 0.00000243. The first kappa shape index (κ1) is 20.0. The smallest absolute Gasteiger partial charge is 0.194 e. The van der Waals surface area contributed by atoms with Crippen molar-refractivity contribution in [3.63, 3.8) is 0 Å². The van der Waals surface area contributed by atoms with Crippen LogP contribution in [0.5, 0.6) is 0 Å². The third-order valence-corrected chi connectivity index (χ3v) is 4.27. The number of hydrogen-bond acceptors (Lipinski definition) is 4. The molecule has 2 aromatic rings. The first-order valence-corrected chi connectivity index (χ1v) is 8.41. The van der Waals surface area contributed by atoms with Crippen molar-refractivity contribution in [2.75, 3.05) is 38.1 Å². The maximum Gasteiger partial charge on any atom is 0.194 e. The molecule has 0 atom stereocenters. The molecule has 6 nitrogen and oxygen atoms in total. The lowest BCUT2D eigenvalue weighted by molar-refractivity contribution is 0.371. The van der Waals surface area contributed by atoms with Gasteiger partial charge in [-0.25, -0.2) is 4.98 Å². The maximum absolute atomic E-state index is 9.00. The van der Waals surface area contributed by atoms with E-state index in [4.69, 9.17) is 5.26 Å². The van der Waals surface area contributed by atoms with Gasteiger partial charge in [0.25, 0.3) is 0 Å². The molecule has 1 aliphatic heterocycles. The number of piperazine rings is 1. The summed E-state index contributed by atoms with van der Waals surface area (Å²) in [6.45, 7) is 4.29. The van der Waals surface area contributed by atoms with Gasteiger partial charge in [-0.05, 0) is 29.8 Å². The minimum absolute atomic E-state index is 0. The van der Waals surface area contributed by atoms with E-state index in [0.717, 1.165) is 43.5 Å². The quantitative estimate of drug-likeness (QED) is 0.432. The van der Waals surface area contributed by atoms with Crippen LogP contribution in [0.15, 0.2) is 53.7 Å². The van der Waals surface area contributed by atoms with Crippen molar-refractivity contribution < 1.29 is 0 Å². The van der Waals surface area contributed by atoms with E-state index in [2.05, 4.69) is 31.2 Å². The third kappa shape index (κ3) is 5.08. The van der Waals surface area contributed by atoms with Gasteiger partial charge >= 0.3 is 0 Å². The van der Waals surface area contributed by atoms with Gasteiger partial charge in [0.15, 0.2) is 5.96 Å². The number of guanidine groups is 1. The van der Waals surface area contributed by atoms with Crippen LogP contribution in [0.3, 0.4) is 0 Å². The van der Waals surface area contributed by atoms with Crippen LogP contribution in [0.25, 0.3) is 0 Å². The van der Waals surface area contributed by atoms with Gasteiger partial charge in [-0.1, -0.05) is 18.2 Å². The molecule has 0 bridgehead atoms. The normalized spacial score (nSPS) is 14.4. The SMILES string of the molecule is CN=C(NCc1cccc(C#N)c1)N1CCN(c2ccccn2)CC1.I. The van der Waals surface area contributed by atoms with Crippen molar-refractivity contribution >= 4 is 35.8 Å². The fourth-order valence-electron chi connectivity index (χ4n) is 2.95. The number of anilines is 1. The topological polar surface area (TPSA) is 67.6 Å². The third-order valence-electron chi connectivity index (χ3n) is 4.27. The first-order valence-electron chi connectivity index (χ1n) is 8.41. The van der Waals surface area contributed by atoms with Gasteiger partial charge in [0.05, 0.1) is 11.6 Å². The largest absolute Gasteiger partial charge is 0.353 e. The summed E-state index contributed by atoms with van der Waals surface area (Å²) in [5.74, 6) is 1.92. The molecule has 136 valence electrons. The highest BCUT2D eigenvalue weighted by molar-refractivity contribution is 14.0. The highest BCUT2D eigenvalue weighted by atomic mass is 127. The standard InChI is InChI=1S/C19H22N6.HI/c1-21-19(23-15-17-6-4-5-16(13-17)14-20)25-11-9-24(10-12-25)18-7-2-3-8-22-18;/h2-8,13H,9-12,15H2,1H3,(H,21,23);1H. The fraction of sp³-hybridized carbons (Fsp3) is 0.316. The summed E-state index contributed by atoms with van der Waals surface area (Å²) in [5.41, 5.74) is 1.76. The first-order chi connectivity index (χ1) is 12.3. The van der Waals surface area contributed by atoms with E-state index in [1.54, 1.807) is 7.05 Å². The number of nitriles is 1. The number of hydrogen-bond donors (Lipinski definition) is 1. The van der Waals surface area contributed by atoms with Gasteiger partial charge in [-0.15, -0.1) is 24.0 Å². The molecule has 7 heteroatoms. The van der Waals surface area contributed by atoms with Crippen molar-refractivity contribution in [2.45, 2.75) is 6.54 Å². The lowest BCUT2D eigenvalue weighted by Gasteiger charge is -2.37. The number of halogens is 1. The molecule has 1 aromatic carbocycles. The van der Waals surface area contributed by atoms with Gasteiger partial charge < -0.3 is 15.1 Å². The highest BCUT2D eigenvalue weighted by Gasteiger charge is 2.20. The molecular formula is C19H23IN6. The van der Waals surface area contributed by atoms with E-state index in [1.165, 1.54) is 0 Å². The second kappa shape index (κ2) is 9.97. The molecule has 1 aliphatic rings. The average Bonchev–Trinajstić information content (AvgIpc) is 2.70. The summed E-state index contributed by atoms with van der Waals surface area (Å²) in [6.07, 6.45) is 1.83. The lowest BCUT2D eigenvalue weighted by atomic mass is 10.1. The van der Waals surface area contributed by atoms with Crippen LogP contribution in [0.2, 0.25) is 0 Å². The molecule has 0 spiro atoms. The fourth-order valence-corrected chi connectivity index (χ4v) is 2.95. The number of pyridine rings is 1. The van der Waals surface area contributed by atoms with Crippen LogP contribution >= 0.6 is 24.0 Å². The zero-order valence-electron chi connectivity index (χ0n) is 14.8. The Bertz CT molecular complexity index is 763. The number of aromatic nitrogens is 1. The molecule has 0 aliphatic carbocycles. The summed E-state index contributed by atoms with van der Waals surface area (Å²) in [4.78, 5) is 13.4. The van der Waals surface area contributed by atoms with E-state index in [9.17, 15) is 0 Å². The lowest BCUT2D eigenvalue weighted by Crippen LogP contribution is -2.52. The number of nitrogens with one attached hydrogen (secondary N) is 1. The molecule has 0 unspecified atom stereocenters. The second-order valence-corrected chi connectivity index (χ2v) is 5.87. The van der Waals surface area contributed by atoms with Crippen LogP contribution in [0, 0.1) is 11.3 Å². The van der Waals surface area contributed by atoms with E-state index >= 15 is 0 Å². The molecule has 3 rings (SSSR count). The predicted molar refractivity (Wildman–Crippen MR) is 115 cm³/mol. The van der Waals surface area contributed by atoms with E-state index in [0.29, 0.717) is 12.1 Å². The Morgan fingerprint density at radius 2 is 2.00 bits per heavy atom. The number of aliphatic imine (C=N–C) groups is 1. The Morgan fingerprint density at radius 1 is 1.19 bits per heavy atom. The van der Waals surface area contributed by atoms with Crippen molar-refractivity contribution in [2.24, 2.45) is 4.99 Å². The Morgan fingerprint density at radius 3 is 2.65 bits per heavy atom. The molecule has 26 heavy (non-hydrogen) atoms. The maximum atomic E-state index is 9.00. The van der Waals surface area contributed by atoms with Gasteiger partial charge in [0.1, 0.15) is 5.82 Å². The zero-order valence-corrected chi connectivity index (χ0v) is 17.1. The minimum atomic E-state index is 0. The molecule has 1 fully saturated rings. The number of nitrogens with zero attached hydrogens (tertiary/aromatic N) is 5. The van der Waals surface area contributed by atoms with E-state index in [-0.39, 0.29) is 24.0 Å². The Hall–Kier alpha value is -2.34. The van der Waals surface area contributed by atoms with Crippen molar-refractivity contribution in [1.29, 1.82) is 5.26 Å². The van der Waals surface area contributed by atoms with Crippen LogP contribution in [0.1, 0.15) is 11.1 Å². The highest BCUT2D eigenvalue weighted by Crippen LogP contribution is 2.12.